The lowest BCUT2D eigenvalue weighted by molar-refractivity contribution is -0.136. The van der Waals surface area contributed by atoms with Gasteiger partial charge in [-0.3, -0.25) is 29.4 Å². The second-order valence-electron chi connectivity index (χ2n) is 6.19. The topological polar surface area (TPSA) is 110 Å². The van der Waals surface area contributed by atoms with Crippen molar-refractivity contribution in [2.24, 2.45) is 5.73 Å². The van der Waals surface area contributed by atoms with E-state index in [1.54, 1.807) is 12.1 Å². The van der Waals surface area contributed by atoms with Gasteiger partial charge in [0.05, 0.1) is 11.1 Å². The van der Waals surface area contributed by atoms with E-state index in [0.29, 0.717) is 11.1 Å². The molecule has 3 N–H and O–H groups in total. The van der Waals surface area contributed by atoms with Gasteiger partial charge >= 0.3 is 0 Å². The highest BCUT2D eigenvalue weighted by molar-refractivity contribution is 6.23. The summed E-state index contributed by atoms with van der Waals surface area (Å²) in [4.78, 5) is 49.5. The summed E-state index contributed by atoms with van der Waals surface area (Å²) in [5.74, 6) is -1.93. The van der Waals surface area contributed by atoms with Crippen molar-refractivity contribution in [1.82, 2.24) is 10.2 Å². The van der Waals surface area contributed by atoms with Crippen molar-refractivity contribution in [3.63, 3.8) is 0 Å². The molecule has 7 nitrogen and oxygen atoms in total. The second-order valence-corrected chi connectivity index (χ2v) is 6.19. The Bertz CT molecular complexity index is 786. The number of rotatable bonds is 1. The van der Waals surface area contributed by atoms with Gasteiger partial charge in [-0.25, -0.2) is 0 Å². The van der Waals surface area contributed by atoms with Crippen LogP contribution in [0.3, 0.4) is 0 Å². The van der Waals surface area contributed by atoms with Crippen LogP contribution in [-0.4, -0.2) is 34.6 Å². The maximum Gasteiger partial charge on any atom is 0.262 e. The number of nitrogens with one attached hydrogen (secondary N) is 1. The number of nitrogens with zero attached hydrogens (tertiary/aromatic N) is 1. The Morgan fingerprint density at radius 3 is 2.39 bits per heavy atom. The lowest BCUT2D eigenvalue weighted by Gasteiger charge is -2.27. The fraction of sp³-hybridized carbons (Fsp3) is 0.375. The minimum Gasteiger partial charge on any atom is -0.324 e. The number of fused-ring (bicyclic) bond motifs is 2. The van der Waals surface area contributed by atoms with E-state index < -0.39 is 23.8 Å². The van der Waals surface area contributed by atoms with Crippen LogP contribution < -0.4 is 11.1 Å². The number of hydrogen-bond acceptors (Lipinski definition) is 5. The first-order chi connectivity index (χ1) is 11.0. The predicted molar refractivity (Wildman–Crippen MR) is 78.4 cm³/mol. The lowest BCUT2D eigenvalue weighted by Crippen LogP contribution is -2.54. The van der Waals surface area contributed by atoms with Gasteiger partial charge in [0.2, 0.25) is 11.8 Å². The molecular weight excluding hydrogens is 298 g/mol. The molecule has 1 aliphatic carbocycles. The van der Waals surface area contributed by atoms with Crippen LogP contribution in [0.4, 0.5) is 0 Å². The Hall–Kier alpha value is -2.54. The maximum atomic E-state index is 12.6. The summed E-state index contributed by atoms with van der Waals surface area (Å²) >= 11 is 0. The van der Waals surface area contributed by atoms with Crippen LogP contribution in [0.15, 0.2) is 12.1 Å². The number of nitrogens with two attached hydrogens (primary N) is 1. The number of piperidine rings is 1. The van der Waals surface area contributed by atoms with Gasteiger partial charge in [0.15, 0.2) is 0 Å². The molecule has 2 unspecified atom stereocenters. The fourth-order valence-corrected chi connectivity index (χ4v) is 3.61. The third kappa shape index (κ3) is 1.93. The van der Waals surface area contributed by atoms with E-state index in [4.69, 9.17) is 5.73 Å². The molecule has 0 aromatic heterocycles. The molecule has 2 atom stereocenters. The summed E-state index contributed by atoms with van der Waals surface area (Å²) in [6, 6.07) is 2.37. The average Bonchev–Trinajstić information content (AvgIpc) is 2.99. The molecule has 4 amide bonds. The van der Waals surface area contributed by atoms with Gasteiger partial charge in [-0.1, -0.05) is 0 Å². The molecule has 7 heteroatoms. The van der Waals surface area contributed by atoms with Crippen molar-refractivity contribution in [3.8, 4) is 0 Å². The third-order valence-corrected chi connectivity index (χ3v) is 4.82. The van der Waals surface area contributed by atoms with E-state index in [2.05, 4.69) is 5.32 Å². The van der Waals surface area contributed by atoms with Crippen LogP contribution in [0.25, 0.3) is 0 Å². The van der Waals surface area contributed by atoms with Gasteiger partial charge in [-0.05, 0) is 42.5 Å². The smallest absolute Gasteiger partial charge is 0.262 e. The van der Waals surface area contributed by atoms with E-state index >= 15 is 0 Å². The standard InChI is InChI=1S/C16H15N3O4/c17-11-2-1-7-5-9-10(6-8(7)11)16(23)19(15(9)22)12-3-4-13(20)18-14(12)21/h5-6,11-12H,1-4,17H2,(H,18,20,21). The van der Waals surface area contributed by atoms with Gasteiger partial charge in [0, 0.05) is 12.5 Å². The van der Waals surface area contributed by atoms with Gasteiger partial charge in [0.25, 0.3) is 11.8 Å². The molecule has 2 heterocycles. The largest absolute Gasteiger partial charge is 0.324 e. The Balaban J connectivity index is 1.73. The normalized spacial score (nSPS) is 26.4. The van der Waals surface area contributed by atoms with Crippen molar-refractivity contribution in [1.29, 1.82) is 0 Å². The molecule has 1 fully saturated rings. The van der Waals surface area contributed by atoms with Gasteiger partial charge < -0.3 is 5.73 Å². The van der Waals surface area contributed by atoms with Crippen molar-refractivity contribution in [2.45, 2.75) is 37.8 Å². The number of benzene rings is 1. The Kier molecular flexibility index (Phi) is 2.89. The first-order valence-electron chi connectivity index (χ1n) is 7.61. The van der Waals surface area contributed by atoms with Crippen LogP contribution in [0.2, 0.25) is 0 Å². The monoisotopic (exact) mass is 313 g/mol. The highest BCUT2D eigenvalue weighted by Crippen LogP contribution is 2.36. The predicted octanol–water partition coefficient (Wildman–Crippen LogP) is 0.0338. The molecule has 1 aromatic rings. The van der Waals surface area contributed by atoms with Crippen LogP contribution in [0, 0.1) is 0 Å². The van der Waals surface area contributed by atoms with E-state index in [0.717, 1.165) is 28.9 Å². The molecule has 0 bridgehead atoms. The summed E-state index contributed by atoms with van der Waals surface area (Å²) in [5, 5.41) is 2.18. The fourth-order valence-electron chi connectivity index (χ4n) is 3.61. The number of carbonyl (C=O) groups is 4. The average molecular weight is 313 g/mol. The zero-order valence-electron chi connectivity index (χ0n) is 12.3. The maximum absolute atomic E-state index is 12.6. The van der Waals surface area contributed by atoms with Crippen LogP contribution in [0.1, 0.15) is 57.1 Å². The quantitative estimate of drug-likeness (QED) is 0.711. The minimum absolute atomic E-state index is 0.116. The third-order valence-electron chi connectivity index (χ3n) is 4.82. The lowest BCUT2D eigenvalue weighted by atomic mass is 10.0. The SMILES string of the molecule is NC1CCc2cc3c(cc21)C(=O)N(C1CCC(=O)NC1=O)C3=O. The molecule has 4 rings (SSSR count). The van der Waals surface area contributed by atoms with E-state index in [-0.39, 0.29) is 24.8 Å². The zero-order chi connectivity index (χ0) is 16.3. The highest BCUT2D eigenvalue weighted by Gasteiger charge is 2.45. The number of hydrogen-bond donors (Lipinski definition) is 2. The van der Waals surface area contributed by atoms with Crippen molar-refractivity contribution >= 4 is 23.6 Å². The minimum atomic E-state index is -0.927. The van der Waals surface area contributed by atoms with Crippen molar-refractivity contribution < 1.29 is 19.2 Å². The number of carbonyl (C=O) groups excluding carboxylic acids is 4. The molecule has 23 heavy (non-hydrogen) atoms. The van der Waals surface area contributed by atoms with Crippen molar-refractivity contribution in [2.75, 3.05) is 0 Å². The Morgan fingerprint density at radius 2 is 1.70 bits per heavy atom. The summed E-state index contributed by atoms with van der Waals surface area (Å²) in [6.45, 7) is 0. The highest BCUT2D eigenvalue weighted by atomic mass is 16.2. The van der Waals surface area contributed by atoms with Crippen LogP contribution in [0.5, 0.6) is 0 Å². The van der Waals surface area contributed by atoms with Gasteiger partial charge in [-0.2, -0.15) is 0 Å². The zero-order valence-corrected chi connectivity index (χ0v) is 12.3. The molecule has 1 saturated heterocycles. The van der Waals surface area contributed by atoms with E-state index in [9.17, 15) is 19.2 Å². The summed E-state index contributed by atoms with van der Waals surface area (Å²) in [5.41, 5.74) is 8.54. The van der Waals surface area contributed by atoms with Gasteiger partial charge in [-0.15, -0.1) is 0 Å². The van der Waals surface area contributed by atoms with Crippen molar-refractivity contribution in [3.05, 3.63) is 34.4 Å². The van der Waals surface area contributed by atoms with Gasteiger partial charge in [0.1, 0.15) is 6.04 Å². The van der Waals surface area contributed by atoms with E-state index in [1.165, 1.54) is 0 Å². The molecule has 0 spiro atoms. The summed E-state index contributed by atoms with van der Waals surface area (Å²) in [6.07, 6.45) is 1.86. The van der Waals surface area contributed by atoms with Crippen LogP contribution in [-0.2, 0) is 16.0 Å². The number of amides is 4. The number of imide groups is 2. The molecule has 118 valence electrons. The summed E-state index contributed by atoms with van der Waals surface area (Å²) in [7, 11) is 0. The molecule has 0 saturated carbocycles. The summed E-state index contributed by atoms with van der Waals surface area (Å²) < 4.78 is 0. The first-order valence-corrected chi connectivity index (χ1v) is 7.61. The number of aryl methyl sites for hydroxylation is 1. The second kappa shape index (κ2) is 4.73. The first kappa shape index (κ1) is 14.1. The Labute approximate surface area is 131 Å². The molecule has 3 aliphatic rings. The molecule has 1 aromatic carbocycles. The van der Waals surface area contributed by atoms with E-state index in [1.807, 2.05) is 0 Å². The molecule has 2 aliphatic heterocycles. The van der Waals surface area contributed by atoms with Crippen LogP contribution >= 0.6 is 0 Å². The molecule has 0 radical (unpaired) electrons. The molecular formula is C16H15N3O4. The Morgan fingerprint density at radius 1 is 1.00 bits per heavy atom.